The van der Waals surface area contributed by atoms with Crippen molar-refractivity contribution < 1.29 is 14.3 Å². The Morgan fingerprint density at radius 2 is 1.84 bits per heavy atom. The van der Waals surface area contributed by atoms with Gasteiger partial charge in [-0.25, -0.2) is 9.97 Å². The van der Waals surface area contributed by atoms with Crippen molar-refractivity contribution in [2.24, 2.45) is 0 Å². The lowest BCUT2D eigenvalue weighted by Gasteiger charge is -2.35. The van der Waals surface area contributed by atoms with E-state index in [4.69, 9.17) is 9.47 Å². The van der Waals surface area contributed by atoms with Crippen LogP contribution in [-0.2, 0) is 4.79 Å². The van der Waals surface area contributed by atoms with Gasteiger partial charge < -0.3 is 19.3 Å². The van der Waals surface area contributed by atoms with Gasteiger partial charge in [-0.2, -0.15) is 0 Å². The molecule has 2 aromatic rings. The standard InChI is InChI=1S/C23H31N5O3/c1-30-18-6-7-19(21(17-18)31-2)20-5-3-11-26(20)12-8-22(29)27-13-15-28(16-14-27)23-24-9-4-10-25-23/h4,6-7,9-10,17,20H,3,5,8,11-16H2,1-2H3/t20-/m0/s1. The number of piperazine rings is 1. The number of anilines is 1. The second kappa shape index (κ2) is 9.96. The van der Waals surface area contributed by atoms with Gasteiger partial charge in [0, 0.05) is 69.2 Å². The third kappa shape index (κ3) is 4.90. The van der Waals surface area contributed by atoms with Gasteiger partial charge in [-0.3, -0.25) is 9.69 Å². The molecule has 2 aliphatic rings. The van der Waals surface area contributed by atoms with E-state index < -0.39 is 0 Å². The molecular formula is C23H31N5O3. The van der Waals surface area contributed by atoms with Crippen LogP contribution in [0.5, 0.6) is 11.5 Å². The summed E-state index contributed by atoms with van der Waals surface area (Å²) in [6, 6.07) is 8.10. The lowest BCUT2D eigenvalue weighted by molar-refractivity contribution is -0.131. The number of carbonyl (C=O) groups excluding carboxylic acids is 1. The van der Waals surface area contributed by atoms with Crippen molar-refractivity contribution in [3.8, 4) is 11.5 Å². The van der Waals surface area contributed by atoms with Crippen molar-refractivity contribution in [2.75, 3.05) is 58.4 Å². The van der Waals surface area contributed by atoms with Gasteiger partial charge in [0.05, 0.1) is 14.2 Å². The number of hydrogen-bond donors (Lipinski definition) is 0. The summed E-state index contributed by atoms with van der Waals surface area (Å²) in [5.74, 6) is 2.60. The van der Waals surface area contributed by atoms with Crippen LogP contribution in [0.1, 0.15) is 30.9 Å². The zero-order valence-corrected chi connectivity index (χ0v) is 18.4. The predicted molar refractivity (Wildman–Crippen MR) is 119 cm³/mol. The highest BCUT2D eigenvalue weighted by Gasteiger charge is 2.30. The monoisotopic (exact) mass is 425 g/mol. The Kier molecular flexibility index (Phi) is 6.86. The number of amides is 1. The van der Waals surface area contributed by atoms with Gasteiger partial charge in [-0.05, 0) is 31.5 Å². The average Bonchev–Trinajstić information content (AvgIpc) is 3.31. The van der Waals surface area contributed by atoms with E-state index in [1.807, 2.05) is 23.1 Å². The molecule has 8 nitrogen and oxygen atoms in total. The third-order valence-electron chi connectivity index (χ3n) is 6.24. The molecule has 31 heavy (non-hydrogen) atoms. The summed E-state index contributed by atoms with van der Waals surface area (Å²) >= 11 is 0. The SMILES string of the molecule is COc1ccc([C@@H]2CCCN2CCC(=O)N2CCN(c3ncccn3)CC2)c(OC)c1. The first kappa shape index (κ1) is 21.4. The summed E-state index contributed by atoms with van der Waals surface area (Å²) in [7, 11) is 3.36. The van der Waals surface area contributed by atoms with E-state index in [-0.39, 0.29) is 11.9 Å². The van der Waals surface area contributed by atoms with E-state index in [2.05, 4.69) is 25.8 Å². The van der Waals surface area contributed by atoms with Crippen LogP contribution in [0, 0.1) is 0 Å². The summed E-state index contributed by atoms with van der Waals surface area (Å²) in [5.41, 5.74) is 1.17. The van der Waals surface area contributed by atoms with Gasteiger partial charge in [0.15, 0.2) is 0 Å². The molecule has 0 saturated carbocycles. The maximum Gasteiger partial charge on any atom is 0.225 e. The molecule has 1 aromatic heterocycles. The van der Waals surface area contributed by atoms with E-state index in [0.717, 1.165) is 56.5 Å². The lowest BCUT2D eigenvalue weighted by atomic mass is 10.0. The second-order valence-corrected chi connectivity index (χ2v) is 7.97. The van der Waals surface area contributed by atoms with E-state index in [1.165, 1.54) is 5.56 Å². The van der Waals surface area contributed by atoms with E-state index in [0.29, 0.717) is 19.5 Å². The van der Waals surface area contributed by atoms with Crippen LogP contribution in [-0.4, -0.2) is 79.2 Å². The molecule has 8 heteroatoms. The number of benzene rings is 1. The van der Waals surface area contributed by atoms with Gasteiger partial charge >= 0.3 is 0 Å². The Hall–Kier alpha value is -2.87. The maximum atomic E-state index is 12.9. The minimum Gasteiger partial charge on any atom is -0.497 e. The lowest BCUT2D eigenvalue weighted by Crippen LogP contribution is -2.49. The topological polar surface area (TPSA) is 71.0 Å². The number of ether oxygens (including phenoxy) is 2. The van der Waals surface area contributed by atoms with Crippen molar-refractivity contribution in [3.05, 3.63) is 42.2 Å². The van der Waals surface area contributed by atoms with Crippen LogP contribution < -0.4 is 14.4 Å². The molecular weight excluding hydrogens is 394 g/mol. The molecule has 2 aliphatic heterocycles. The fraction of sp³-hybridized carbons (Fsp3) is 0.522. The van der Waals surface area contributed by atoms with Gasteiger partial charge in [0.25, 0.3) is 0 Å². The van der Waals surface area contributed by atoms with E-state index in [1.54, 1.807) is 26.6 Å². The van der Waals surface area contributed by atoms with Crippen molar-refractivity contribution >= 4 is 11.9 Å². The number of likely N-dealkylation sites (tertiary alicyclic amines) is 1. The molecule has 2 saturated heterocycles. The Morgan fingerprint density at radius 3 is 2.55 bits per heavy atom. The first-order valence-corrected chi connectivity index (χ1v) is 11.0. The number of carbonyl (C=O) groups is 1. The van der Waals surface area contributed by atoms with Crippen LogP contribution >= 0.6 is 0 Å². The normalized spacial score (nSPS) is 19.5. The molecule has 4 rings (SSSR count). The van der Waals surface area contributed by atoms with E-state index >= 15 is 0 Å². The summed E-state index contributed by atoms with van der Waals surface area (Å²) < 4.78 is 10.9. The largest absolute Gasteiger partial charge is 0.497 e. The van der Waals surface area contributed by atoms with Crippen LogP contribution in [0.4, 0.5) is 5.95 Å². The summed E-state index contributed by atoms with van der Waals surface area (Å²) in [4.78, 5) is 28.0. The average molecular weight is 426 g/mol. The predicted octanol–water partition coefficient (Wildman–Crippen LogP) is 2.37. The smallest absolute Gasteiger partial charge is 0.225 e. The summed E-state index contributed by atoms with van der Waals surface area (Å²) in [6.07, 6.45) is 6.25. The Balaban J connectivity index is 1.31. The van der Waals surface area contributed by atoms with Gasteiger partial charge in [-0.1, -0.05) is 6.07 Å². The van der Waals surface area contributed by atoms with Crippen molar-refractivity contribution in [1.82, 2.24) is 19.8 Å². The molecule has 1 atom stereocenters. The number of nitrogens with zero attached hydrogens (tertiary/aromatic N) is 5. The first-order chi connectivity index (χ1) is 15.2. The van der Waals surface area contributed by atoms with Gasteiger partial charge in [0.2, 0.25) is 11.9 Å². The van der Waals surface area contributed by atoms with Crippen molar-refractivity contribution in [1.29, 1.82) is 0 Å². The molecule has 3 heterocycles. The second-order valence-electron chi connectivity index (χ2n) is 7.97. The minimum absolute atomic E-state index is 0.223. The van der Waals surface area contributed by atoms with Crippen molar-refractivity contribution in [2.45, 2.75) is 25.3 Å². The first-order valence-electron chi connectivity index (χ1n) is 11.0. The molecule has 0 N–H and O–H groups in total. The minimum atomic E-state index is 0.223. The highest BCUT2D eigenvalue weighted by Crippen LogP contribution is 2.38. The molecule has 1 aromatic carbocycles. The fourth-order valence-electron chi connectivity index (χ4n) is 4.55. The highest BCUT2D eigenvalue weighted by molar-refractivity contribution is 5.76. The molecule has 0 spiro atoms. The molecule has 2 fully saturated rings. The van der Waals surface area contributed by atoms with E-state index in [9.17, 15) is 4.79 Å². The number of aromatic nitrogens is 2. The molecule has 0 aliphatic carbocycles. The molecule has 0 unspecified atom stereocenters. The number of rotatable bonds is 7. The third-order valence-corrected chi connectivity index (χ3v) is 6.24. The Bertz CT molecular complexity index is 871. The molecule has 0 bridgehead atoms. The summed E-state index contributed by atoms with van der Waals surface area (Å²) in [5, 5.41) is 0. The van der Waals surface area contributed by atoms with Crippen LogP contribution in [0.15, 0.2) is 36.7 Å². The number of methoxy groups -OCH3 is 2. The molecule has 166 valence electrons. The molecule has 0 radical (unpaired) electrons. The highest BCUT2D eigenvalue weighted by atomic mass is 16.5. The van der Waals surface area contributed by atoms with Crippen LogP contribution in [0.3, 0.4) is 0 Å². The fourth-order valence-corrected chi connectivity index (χ4v) is 4.55. The zero-order chi connectivity index (χ0) is 21.6. The van der Waals surface area contributed by atoms with Gasteiger partial charge in [-0.15, -0.1) is 0 Å². The van der Waals surface area contributed by atoms with Crippen LogP contribution in [0.2, 0.25) is 0 Å². The summed E-state index contributed by atoms with van der Waals surface area (Å²) in [6.45, 7) is 4.74. The van der Waals surface area contributed by atoms with Crippen molar-refractivity contribution in [3.63, 3.8) is 0 Å². The Labute approximate surface area is 183 Å². The van der Waals surface area contributed by atoms with Gasteiger partial charge in [0.1, 0.15) is 11.5 Å². The molecule has 1 amide bonds. The number of hydrogen-bond acceptors (Lipinski definition) is 7. The maximum absolute atomic E-state index is 12.9. The quantitative estimate of drug-likeness (QED) is 0.674. The van der Waals surface area contributed by atoms with Crippen LogP contribution in [0.25, 0.3) is 0 Å². The Morgan fingerprint density at radius 1 is 1.06 bits per heavy atom. The zero-order valence-electron chi connectivity index (χ0n) is 18.4.